The average molecular weight is 287 g/mol. The fourth-order valence-electron chi connectivity index (χ4n) is 3.97. The first kappa shape index (κ1) is 16.4. The zero-order valence-electron chi connectivity index (χ0n) is 14.4. The number of rotatable bonds is 6. The molecule has 1 aromatic carbocycles. The lowest BCUT2D eigenvalue weighted by Crippen LogP contribution is -2.37. The lowest BCUT2D eigenvalue weighted by atomic mass is 9.75. The molecular weight excluding hydrogens is 254 g/mol. The molecule has 0 saturated carbocycles. The van der Waals surface area contributed by atoms with Crippen LogP contribution in [0.25, 0.3) is 0 Å². The van der Waals surface area contributed by atoms with Crippen LogP contribution in [0.2, 0.25) is 0 Å². The van der Waals surface area contributed by atoms with Crippen molar-refractivity contribution in [3.63, 3.8) is 0 Å². The fraction of sp³-hybridized carbons (Fsp3) is 0.700. The number of anilines is 1. The third-order valence-electron chi connectivity index (χ3n) is 5.33. The Morgan fingerprint density at radius 3 is 2.14 bits per heavy atom. The van der Waals surface area contributed by atoms with Crippen LogP contribution in [-0.4, -0.2) is 13.1 Å². The Balaban J connectivity index is 1.92. The molecule has 0 amide bonds. The molecule has 1 heterocycles. The van der Waals surface area contributed by atoms with Crippen molar-refractivity contribution < 1.29 is 0 Å². The van der Waals surface area contributed by atoms with Gasteiger partial charge in [0.2, 0.25) is 0 Å². The van der Waals surface area contributed by atoms with Crippen LogP contribution in [0.1, 0.15) is 58.9 Å². The summed E-state index contributed by atoms with van der Waals surface area (Å²) < 4.78 is 0. The number of hydrogen-bond donors (Lipinski definition) is 0. The molecule has 0 spiro atoms. The van der Waals surface area contributed by atoms with Gasteiger partial charge in [-0.25, -0.2) is 0 Å². The molecule has 1 aliphatic rings. The quantitative estimate of drug-likeness (QED) is 0.664. The zero-order valence-corrected chi connectivity index (χ0v) is 14.4. The lowest BCUT2D eigenvalue weighted by molar-refractivity contribution is 0.200. The van der Waals surface area contributed by atoms with Crippen molar-refractivity contribution >= 4 is 5.69 Å². The number of benzene rings is 1. The van der Waals surface area contributed by atoms with Crippen molar-refractivity contribution in [2.45, 2.75) is 59.8 Å². The fourth-order valence-corrected chi connectivity index (χ4v) is 3.97. The van der Waals surface area contributed by atoms with E-state index < -0.39 is 0 Å². The number of piperidine rings is 1. The predicted molar refractivity (Wildman–Crippen MR) is 94.0 cm³/mol. The zero-order chi connectivity index (χ0) is 15.2. The summed E-state index contributed by atoms with van der Waals surface area (Å²) in [4.78, 5) is 2.58. The first-order valence-corrected chi connectivity index (χ1v) is 8.99. The summed E-state index contributed by atoms with van der Waals surface area (Å²) in [7, 11) is 0. The van der Waals surface area contributed by atoms with Crippen molar-refractivity contribution in [1.29, 1.82) is 0 Å². The molecule has 1 heteroatoms. The van der Waals surface area contributed by atoms with E-state index in [0.717, 1.165) is 24.2 Å². The van der Waals surface area contributed by atoms with Crippen molar-refractivity contribution in [3.8, 4) is 0 Å². The highest BCUT2D eigenvalue weighted by Crippen LogP contribution is 2.34. The average Bonchev–Trinajstić information content (AvgIpc) is 2.53. The largest absolute Gasteiger partial charge is 0.372 e. The van der Waals surface area contributed by atoms with Gasteiger partial charge in [-0.1, -0.05) is 52.7 Å². The summed E-state index contributed by atoms with van der Waals surface area (Å²) >= 11 is 0. The standard InChI is InChI=1S/C20H33N/c1-5-7-20(16(3)4)18-12-14-21(15-13-18)19-10-8-17(6-2)9-11-19/h8-11,16,18,20H,5-7,12-15H2,1-4H3. The van der Waals surface area contributed by atoms with Crippen LogP contribution < -0.4 is 4.90 Å². The van der Waals surface area contributed by atoms with E-state index in [2.05, 4.69) is 56.9 Å². The second-order valence-corrected chi connectivity index (χ2v) is 7.04. The van der Waals surface area contributed by atoms with Crippen LogP contribution >= 0.6 is 0 Å². The summed E-state index contributed by atoms with van der Waals surface area (Å²) in [6.07, 6.45) is 6.63. The summed E-state index contributed by atoms with van der Waals surface area (Å²) in [5.41, 5.74) is 2.86. The lowest BCUT2D eigenvalue weighted by Gasteiger charge is -2.39. The van der Waals surface area contributed by atoms with Gasteiger partial charge in [-0.05, 0) is 54.7 Å². The summed E-state index contributed by atoms with van der Waals surface area (Å²) in [6.45, 7) is 11.9. The molecule has 21 heavy (non-hydrogen) atoms. The monoisotopic (exact) mass is 287 g/mol. The topological polar surface area (TPSA) is 3.24 Å². The molecule has 1 nitrogen and oxygen atoms in total. The van der Waals surface area contributed by atoms with Crippen molar-refractivity contribution in [1.82, 2.24) is 0 Å². The number of hydrogen-bond acceptors (Lipinski definition) is 1. The Bertz CT molecular complexity index is 398. The van der Waals surface area contributed by atoms with E-state index in [-0.39, 0.29) is 0 Å². The molecule has 0 radical (unpaired) electrons. The van der Waals surface area contributed by atoms with Crippen LogP contribution in [0, 0.1) is 17.8 Å². The van der Waals surface area contributed by atoms with Gasteiger partial charge in [0.25, 0.3) is 0 Å². The van der Waals surface area contributed by atoms with Gasteiger partial charge in [-0.15, -0.1) is 0 Å². The van der Waals surface area contributed by atoms with Crippen LogP contribution in [0.15, 0.2) is 24.3 Å². The van der Waals surface area contributed by atoms with E-state index in [1.54, 1.807) is 0 Å². The minimum Gasteiger partial charge on any atom is -0.372 e. The Hall–Kier alpha value is -0.980. The Morgan fingerprint density at radius 2 is 1.67 bits per heavy atom. The van der Waals surface area contributed by atoms with E-state index in [1.165, 1.54) is 50.0 Å². The predicted octanol–water partition coefficient (Wildman–Crippen LogP) is 5.54. The van der Waals surface area contributed by atoms with Gasteiger partial charge >= 0.3 is 0 Å². The van der Waals surface area contributed by atoms with Gasteiger partial charge < -0.3 is 4.90 Å². The molecule has 1 aromatic rings. The maximum atomic E-state index is 2.58. The summed E-state index contributed by atoms with van der Waals surface area (Å²) in [6, 6.07) is 9.20. The smallest absolute Gasteiger partial charge is 0.0366 e. The molecule has 1 aliphatic heterocycles. The van der Waals surface area contributed by atoms with Crippen molar-refractivity contribution in [3.05, 3.63) is 29.8 Å². The maximum Gasteiger partial charge on any atom is 0.0366 e. The van der Waals surface area contributed by atoms with Crippen molar-refractivity contribution in [2.75, 3.05) is 18.0 Å². The highest BCUT2D eigenvalue weighted by molar-refractivity contribution is 5.48. The van der Waals surface area contributed by atoms with E-state index in [1.807, 2.05) is 0 Å². The second kappa shape index (κ2) is 7.87. The maximum absolute atomic E-state index is 2.58. The highest BCUT2D eigenvalue weighted by atomic mass is 15.1. The molecule has 0 aromatic heterocycles. The molecule has 118 valence electrons. The first-order valence-electron chi connectivity index (χ1n) is 8.99. The van der Waals surface area contributed by atoms with Crippen LogP contribution in [0.5, 0.6) is 0 Å². The van der Waals surface area contributed by atoms with Crippen molar-refractivity contribution in [2.24, 2.45) is 17.8 Å². The molecule has 1 saturated heterocycles. The number of aryl methyl sites for hydroxylation is 1. The van der Waals surface area contributed by atoms with E-state index in [0.29, 0.717) is 0 Å². The van der Waals surface area contributed by atoms with Gasteiger partial charge in [0.15, 0.2) is 0 Å². The molecule has 0 aliphatic carbocycles. The summed E-state index contributed by atoms with van der Waals surface area (Å²) in [5, 5.41) is 0. The molecule has 2 rings (SSSR count). The molecule has 1 unspecified atom stereocenters. The third kappa shape index (κ3) is 4.25. The van der Waals surface area contributed by atoms with Crippen LogP contribution in [0.3, 0.4) is 0 Å². The van der Waals surface area contributed by atoms with Crippen LogP contribution in [0.4, 0.5) is 5.69 Å². The van der Waals surface area contributed by atoms with Gasteiger partial charge in [-0.3, -0.25) is 0 Å². The number of nitrogens with zero attached hydrogens (tertiary/aromatic N) is 1. The Labute approximate surface area is 131 Å². The molecule has 0 bridgehead atoms. The minimum absolute atomic E-state index is 0.838. The minimum atomic E-state index is 0.838. The Morgan fingerprint density at radius 1 is 1.05 bits per heavy atom. The first-order chi connectivity index (χ1) is 10.2. The van der Waals surface area contributed by atoms with E-state index >= 15 is 0 Å². The molecule has 1 atom stereocenters. The third-order valence-corrected chi connectivity index (χ3v) is 5.33. The van der Waals surface area contributed by atoms with Crippen LogP contribution in [-0.2, 0) is 6.42 Å². The molecule has 1 fully saturated rings. The SMILES string of the molecule is CCCC(C(C)C)C1CCN(c2ccc(CC)cc2)CC1. The molecular formula is C20H33N. The van der Waals surface area contributed by atoms with E-state index in [4.69, 9.17) is 0 Å². The van der Waals surface area contributed by atoms with Gasteiger partial charge in [-0.2, -0.15) is 0 Å². The van der Waals surface area contributed by atoms with Gasteiger partial charge in [0, 0.05) is 18.8 Å². The van der Waals surface area contributed by atoms with Gasteiger partial charge in [0.1, 0.15) is 0 Å². The normalized spacial score (nSPS) is 18.2. The van der Waals surface area contributed by atoms with Gasteiger partial charge in [0.05, 0.1) is 0 Å². The Kier molecular flexibility index (Phi) is 6.14. The molecule has 0 N–H and O–H groups in total. The van der Waals surface area contributed by atoms with E-state index in [9.17, 15) is 0 Å². The highest BCUT2D eigenvalue weighted by Gasteiger charge is 2.27. The second-order valence-electron chi connectivity index (χ2n) is 7.04. The summed E-state index contributed by atoms with van der Waals surface area (Å²) in [5.74, 6) is 2.71.